The number of aromatic nitrogens is 6. The maximum Gasteiger partial charge on any atom is 0.127 e. The first-order chi connectivity index (χ1) is 16.0. The van der Waals surface area contributed by atoms with Crippen molar-refractivity contribution < 1.29 is 9.50 Å². The quantitative estimate of drug-likeness (QED) is 0.348. The molecule has 0 unspecified atom stereocenters. The number of fused-ring (bicyclic) bond motifs is 2. The Balaban J connectivity index is 1.52. The standard InChI is InChI=1S/C25H19FN6O/c1-13-27-12-24(32(13)2)21-10-19-23(11-28-21)30-31-25(19)22-9-18-17(4-3-5-20(18)29-22)14-6-15(26)8-16(33)7-14/h3-12,29,33H,1-2H3,(H,30,31). The second-order valence-corrected chi connectivity index (χ2v) is 8.08. The van der Waals surface area contributed by atoms with Gasteiger partial charge < -0.3 is 14.7 Å². The van der Waals surface area contributed by atoms with Gasteiger partial charge in [0.05, 0.1) is 35.0 Å². The van der Waals surface area contributed by atoms with E-state index in [1.807, 2.05) is 55.1 Å². The summed E-state index contributed by atoms with van der Waals surface area (Å²) in [6.45, 7) is 1.95. The average Bonchev–Trinajstić information content (AvgIpc) is 3.49. The van der Waals surface area contributed by atoms with Gasteiger partial charge in [0.15, 0.2) is 0 Å². The van der Waals surface area contributed by atoms with Crippen LogP contribution in [0.2, 0.25) is 0 Å². The van der Waals surface area contributed by atoms with Crippen LogP contribution in [0.4, 0.5) is 4.39 Å². The minimum atomic E-state index is -0.485. The molecule has 6 rings (SSSR count). The summed E-state index contributed by atoms with van der Waals surface area (Å²) in [6.07, 6.45) is 3.58. The average molecular weight is 438 g/mol. The number of aromatic amines is 2. The van der Waals surface area contributed by atoms with E-state index in [2.05, 4.69) is 25.1 Å². The maximum absolute atomic E-state index is 13.9. The molecule has 0 atom stereocenters. The highest BCUT2D eigenvalue weighted by Gasteiger charge is 2.16. The zero-order chi connectivity index (χ0) is 22.7. The fourth-order valence-corrected chi connectivity index (χ4v) is 4.27. The lowest BCUT2D eigenvalue weighted by molar-refractivity contribution is 0.469. The van der Waals surface area contributed by atoms with Gasteiger partial charge in [0, 0.05) is 29.4 Å². The first-order valence-corrected chi connectivity index (χ1v) is 10.4. The molecule has 0 aliphatic rings. The fraction of sp³-hybridized carbons (Fsp3) is 0.0800. The number of imidazole rings is 1. The number of hydrogen-bond acceptors (Lipinski definition) is 4. The predicted octanol–water partition coefficient (Wildman–Crippen LogP) is 5.33. The normalized spacial score (nSPS) is 11.6. The zero-order valence-corrected chi connectivity index (χ0v) is 17.9. The van der Waals surface area contributed by atoms with Gasteiger partial charge in [-0.3, -0.25) is 10.1 Å². The molecule has 4 heterocycles. The van der Waals surface area contributed by atoms with Crippen molar-refractivity contribution in [3.05, 3.63) is 72.6 Å². The summed E-state index contributed by atoms with van der Waals surface area (Å²) in [5.74, 6) is 0.314. The second-order valence-electron chi connectivity index (χ2n) is 8.08. The van der Waals surface area contributed by atoms with E-state index in [9.17, 15) is 9.50 Å². The van der Waals surface area contributed by atoms with Crippen molar-refractivity contribution in [1.29, 1.82) is 0 Å². The molecule has 0 bridgehead atoms. The van der Waals surface area contributed by atoms with E-state index in [-0.39, 0.29) is 5.75 Å². The van der Waals surface area contributed by atoms with Gasteiger partial charge in [0.25, 0.3) is 0 Å². The number of aryl methyl sites for hydroxylation is 1. The smallest absolute Gasteiger partial charge is 0.127 e. The summed E-state index contributed by atoms with van der Waals surface area (Å²) in [4.78, 5) is 12.4. The van der Waals surface area contributed by atoms with Crippen molar-refractivity contribution >= 4 is 21.8 Å². The van der Waals surface area contributed by atoms with E-state index >= 15 is 0 Å². The topological polar surface area (TPSA) is 95.4 Å². The summed E-state index contributed by atoms with van der Waals surface area (Å²) < 4.78 is 15.9. The minimum Gasteiger partial charge on any atom is -0.508 e. The number of nitrogens with one attached hydrogen (secondary N) is 2. The van der Waals surface area contributed by atoms with Crippen LogP contribution >= 0.6 is 0 Å². The van der Waals surface area contributed by atoms with Crippen molar-refractivity contribution in [2.45, 2.75) is 6.92 Å². The highest BCUT2D eigenvalue weighted by Crippen LogP contribution is 2.36. The Labute approximate surface area is 187 Å². The molecule has 0 saturated heterocycles. The van der Waals surface area contributed by atoms with Gasteiger partial charge >= 0.3 is 0 Å². The number of benzene rings is 2. The Morgan fingerprint density at radius 2 is 1.85 bits per heavy atom. The molecule has 0 aliphatic carbocycles. The monoisotopic (exact) mass is 438 g/mol. The van der Waals surface area contributed by atoms with Crippen LogP contribution in [-0.4, -0.2) is 34.8 Å². The number of hydrogen-bond donors (Lipinski definition) is 3. The molecule has 0 saturated carbocycles. The molecule has 0 radical (unpaired) electrons. The molecular weight excluding hydrogens is 419 g/mol. The molecule has 162 valence electrons. The summed E-state index contributed by atoms with van der Waals surface area (Å²) in [5.41, 5.74) is 6.44. The van der Waals surface area contributed by atoms with E-state index in [1.165, 1.54) is 6.07 Å². The van der Waals surface area contributed by atoms with Crippen LogP contribution in [0, 0.1) is 12.7 Å². The minimum absolute atomic E-state index is 0.110. The number of nitrogens with zero attached hydrogens (tertiary/aromatic N) is 4. The molecular formula is C25H19FN6O. The summed E-state index contributed by atoms with van der Waals surface area (Å²) in [5, 5.41) is 19.3. The number of pyridine rings is 1. The first-order valence-electron chi connectivity index (χ1n) is 10.4. The lowest BCUT2D eigenvalue weighted by atomic mass is 10.0. The maximum atomic E-state index is 13.9. The number of phenols is 1. The van der Waals surface area contributed by atoms with E-state index in [1.54, 1.807) is 12.3 Å². The molecule has 0 spiro atoms. The summed E-state index contributed by atoms with van der Waals surface area (Å²) in [6, 6.07) is 13.8. The molecule has 4 aromatic heterocycles. The van der Waals surface area contributed by atoms with Crippen molar-refractivity contribution in [1.82, 2.24) is 29.7 Å². The fourth-order valence-electron chi connectivity index (χ4n) is 4.27. The van der Waals surface area contributed by atoms with Crippen molar-refractivity contribution in [2.24, 2.45) is 7.05 Å². The Kier molecular flexibility index (Phi) is 4.10. The Morgan fingerprint density at radius 3 is 2.64 bits per heavy atom. The Hall–Kier alpha value is -4.46. The molecule has 3 N–H and O–H groups in total. The second kappa shape index (κ2) is 7.03. The SMILES string of the molecule is Cc1ncc(-c2cc3c(-c4cc5c(-c6cc(O)cc(F)c6)cccc5[nH]4)n[nH]c3cn2)n1C. The third-order valence-electron chi connectivity index (χ3n) is 6.04. The van der Waals surface area contributed by atoms with E-state index in [0.29, 0.717) is 5.56 Å². The van der Waals surface area contributed by atoms with Gasteiger partial charge in [-0.15, -0.1) is 0 Å². The summed E-state index contributed by atoms with van der Waals surface area (Å²) in [7, 11) is 1.96. The van der Waals surface area contributed by atoms with Gasteiger partial charge in [-0.05, 0) is 48.4 Å². The van der Waals surface area contributed by atoms with Crippen LogP contribution in [0.3, 0.4) is 0 Å². The van der Waals surface area contributed by atoms with Gasteiger partial charge in [-0.2, -0.15) is 5.10 Å². The van der Waals surface area contributed by atoms with Crippen molar-refractivity contribution in [3.63, 3.8) is 0 Å². The number of phenolic OH excluding ortho intramolecular Hbond substituents is 1. The van der Waals surface area contributed by atoms with Crippen molar-refractivity contribution in [3.8, 4) is 39.7 Å². The van der Waals surface area contributed by atoms with Crippen LogP contribution in [0.15, 0.2) is 60.9 Å². The van der Waals surface area contributed by atoms with E-state index in [4.69, 9.17) is 0 Å². The molecule has 6 aromatic rings. The van der Waals surface area contributed by atoms with Gasteiger partial charge in [0.2, 0.25) is 0 Å². The van der Waals surface area contributed by atoms with Crippen LogP contribution in [0.25, 0.3) is 55.7 Å². The third kappa shape index (κ3) is 3.07. The molecule has 2 aromatic carbocycles. The van der Waals surface area contributed by atoms with Gasteiger partial charge in [0.1, 0.15) is 23.1 Å². The third-order valence-corrected chi connectivity index (χ3v) is 6.04. The van der Waals surface area contributed by atoms with Crippen molar-refractivity contribution in [2.75, 3.05) is 0 Å². The highest BCUT2D eigenvalue weighted by atomic mass is 19.1. The molecule has 8 heteroatoms. The lowest BCUT2D eigenvalue weighted by Crippen LogP contribution is -1.95. The van der Waals surface area contributed by atoms with E-state index < -0.39 is 5.82 Å². The first kappa shape index (κ1) is 19.2. The lowest BCUT2D eigenvalue weighted by Gasteiger charge is -2.05. The zero-order valence-electron chi connectivity index (χ0n) is 17.9. The Morgan fingerprint density at radius 1 is 0.970 bits per heavy atom. The molecule has 0 amide bonds. The number of halogens is 1. The molecule has 7 nitrogen and oxygen atoms in total. The summed E-state index contributed by atoms with van der Waals surface area (Å²) >= 11 is 0. The van der Waals surface area contributed by atoms with Gasteiger partial charge in [-0.1, -0.05) is 12.1 Å². The number of H-pyrrole nitrogens is 2. The van der Waals surface area contributed by atoms with Crippen LogP contribution in [0.1, 0.15) is 5.82 Å². The molecule has 0 aliphatic heterocycles. The van der Waals surface area contributed by atoms with Crippen LogP contribution in [0.5, 0.6) is 5.75 Å². The molecule has 0 fully saturated rings. The largest absolute Gasteiger partial charge is 0.508 e. The van der Waals surface area contributed by atoms with Gasteiger partial charge in [-0.25, -0.2) is 9.37 Å². The number of aromatic hydroxyl groups is 1. The predicted molar refractivity (Wildman–Crippen MR) is 125 cm³/mol. The number of rotatable bonds is 3. The molecule has 33 heavy (non-hydrogen) atoms. The highest BCUT2D eigenvalue weighted by molar-refractivity contribution is 6.01. The Bertz CT molecular complexity index is 1660. The van der Waals surface area contributed by atoms with Crippen LogP contribution < -0.4 is 0 Å². The van der Waals surface area contributed by atoms with E-state index in [0.717, 1.165) is 62.0 Å². The van der Waals surface area contributed by atoms with Crippen LogP contribution in [-0.2, 0) is 7.05 Å².